The molecule has 0 saturated carbocycles. The molecule has 1 aliphatic carbocycles. The largest absolute Gasteiger partial charge is 0.297 e. The number of hydrogen-bond acceptors (Lipinski definition) is 5. The van der Waals surface area contributed by atoms with E-state index in [1.807, 2.05) is 0 Å². The van der Waals surface area contributed by atoms with Gasteiger partial charge in [-0.2, -0.15) is 0 Å². The van der Waals surface area contributed by atoms with Crippen LogP contribution in [-0.4, -0.2) is 21.1 Å². The summed E-state index contributed by atoms with van der Waals surface area (Å²) in [5.74, 6) is 0.369. The van der Waals surface area contributed by atoms with Gasteiger partial charge in [-0.15, -0.1) is 11.3 Å². The van der Waals surface area contributed by atoms with Crippen molar-refractivity contribution in [3.8, 4) is 0 Å². The normalized spacial score (nSPS) is 17.5. The molecular formula is C17H20N2O3S. The Hall–Kier alpha value is -1.82. The molecule has 122 valence electrons. The van der Waals surface area contributed by atoms with Crippen molar-refractivity contribution in [2.24, 2.45) is 5.92 Å². The molecule has 0 N–H and O–H groups in total. The summed E-state index contributed by atoms with van der Waals surface area (Å²) in [6, 6.07) is -1.07. The fourth-order valence-electron chi connectivity index (χ4n) is 3.46. The van der Waals surface area contributed by atoms with Crippen LogP contribution in [0.2, 0.25) is 0 Å². The topological polar surface area (TPSA) is 69.0 Å². The highest BCUT2D eigenvalue weighted by molar-refractivity contribution is 7.18. The second-order valence-corrected chi connectivity index (χ2v) is 7.57. The Labute approximate surface area is 138 Å². The van der Waals surface area contributed by atoms with Crippen LogP contribution in [0.1, 0.15) is 49.5 Å². The van der Waals surface area contributed by atoms with E-state index < -0.39 is 6.04 Å². The lowest BCUT2D eigenvalue weighted by molar-refractivity contribution is -0.129. The van der Waals surface area contributed by atoms with Crippen LogP contribution >= 0.6 is 11.3 Å². The van der Waals surface area contributed by atoms with Crippen molar-refractivity contribution in [2.45, 2.75) is 53.0 Å². The molecule has 1 atom stereocenters. The van der Waals surface area contributed by atoms with Crippen LogP contribution in [-0.2, 0) is 22.4 Å². The first kappa shape index (κ1) is 16.1. The van der Waals surface area contributed by atoms with Gasteiger partial charge in [0.25, 0.3) is 5.56 Å². The zero-order chi connectivity index (χ0) is 16.9. The van der Waals surface area contributed by atoms with Crippen LogP contribution in [0.25, 0.3) is 10.2 Å². The summed E-state index contributed by atoms with van der Waals surface area (Å²) >= 11 is 1.57. The Morgan fingerprint density at radius 3 is 2.57 bits per heavy atom. The van der Waals surface area contributed by atoms with Crippen molar-refractivity contribution in [2.75, 3.05) is 0 Å². The van der Waals surface area contributed by atoms with Crippen molar-refractivity contribution >= 4 is 33.1 Å². The summed E-state index contributed by atoms with van der Waals surface area (Å²) in [7, 11) is 0. The first-order chi connectivity index (χ1) is 10.8. The predicted octanol–water partition coefficient (Wildman–Crippen LogP) is 2.61. The van der Waals surface area contributed by atoms with Crippen molar-refractivity contribution < 1.29 is 9.59 Å². The minimum atomic E-state index is -1.07. The fraction of sp³-hybridized carbons (Fsp3) is 0.529. The van der Waals surface area contributed by atoms with Crippen LogP contribution in [0.5, 0.6) is 0 Å². The molecule has 23 heavy (non-hydrogen) atoms. The third kappa shape index (κ3) is 2.55. The molecule has 6 heteroatoms. The number of aryl methyl sites for hydroxylation is 2. The highest BCUT2D eigenvalue weighted by Crippen LogP contribution is 2.36. The fourth-order valence-corrected chi connectivity index (χ4v) is 4.88. The Balaban J connectivity index is 2.31. The highest BCUT2D eigenvalue weighted by atomic mass is 32.1. The summed E-state index contributed by atoms with van der Waals surface area (Å²) in [6.07, 6.45) is 2.88. The van der Waals surface area contributed by atoms with Crippen molar-refractivity contribution in [3.05, 3.63) is 26.6 Å². The number of fused-ring (bicyclic) bond motifs is 3. The Bertz CT molecular complexity index is 864. The maximum absolute atomic E-state index is 13.0. The number of nitrogens with zero attached hydrogens (tertiary/aromatic N) is 2. The van der Waals surface area contributed by atoms with Gasteiger partial charge in [-0.25, -0.2) is 4.98 Å². The van der Waals surface area contributed by atoms with Crippen LogP contribution in [0.4, 0.5) is 0 Å². The average Bonchev–Trinajstić information content (AvgIpc) is 2.79. The molecule has 3 rings (SSSR count). The molecule has 0 bridgehead atoms. The molecular weight excluding hydrogens is 312 g/mol. The van der Waals surface area contributed by atoms with Gasteiger partial charge in [0.15, 0.2) is 17.6 Å². The van der Waals surface area contributed by atoms with Crippen LogP contribution in [0, 0.1) is 12.8 Å². The summed E-state index contributed by atoms with van der Waals surface area (Å²) in [5, 5.41) is 0.606. The molecule has 0 aliphatic heterocycles. The lowest BCUT2D eigenvalue weighted by Gasteiger charge is -2.19. The number of ketones is 2. The summed E-state index contributed by atoms with van der Waals surface area (Å²) in [5.41, 5.74) is 0.815. The quantitative estimate of drug-likeness (QED) is 0.810. The molecule has 2 aromatic rings. The van der Waals surface area contributed by atoms with Crippen molar-refractivity contribution in [1.82, 2.24) is 9.55 Å². The Morgan fingerprint density at radius 1 is 1.30 bits per heavy atom. The summed E-state index contributed by atoms with van der Waals surface area (Å²) < 4.78 is 1.28. The van der Waals surface area contributed by atoms with Gasteiger partial charge in [0, 0.05) is 4.88 Å². The highest BCUT2D eigenvalue weighted by Gasteiger charge is 2.29. The van der Waals surface area contributed by atoms with Gasteiger partial charge in [-0.3, -0.25) is 19.0 Å². The Morgan fingerprint density at radius 2 is 1.96 bits per heavy atom. The lowest BCUT2D eigenvalue weighted by atomic mass is 9.89. The van der Waals surface area contributed by atoms with Gasteiger partial charge in [-0.1, -0.05) is 6.92 Å². The zero-order valence-corrected chi connectivity index (χ0v) is 14.6. The summed E-state index contributed by atoms with van der Waals surface area (Å²) in [4.78, 5) is 43.3. The van der Waals surface area contributed by atoms with Crippen molar-refractivity contribution in [3.63, 3.8) is 0 Å². The smallest absolute Gasteiger partial charge is 0.263 e. The molecule has 0 radical (unpaired) electrons. The van der Waals surface area contributed by atoms with E-state index in [1.165, 1.54) is 23.3 Å². The average molecular weight is 332 g/mol. The second kappa shape index (κ2) is 5.67. The maximum Gasteiger partial charge on any atom is 0.263 e. The van der Waals surface area contributed by atoms with Gasteiger partial charge in [0.1, 0.15) is 10.7 Å². The van der Waals surface area contributed by atoms with E-state index in [2.05, 4.69) is 11.9 Å². The van der Waals surface area contributed by atoms with Gasteiger partial charge in [0.2, 0.25) is 0 Å². The third-order valence-corrected chi connectivity index (χ3v) is 5.71. The molecule has 0 spiro atoms. The van der Waals surface area contributed by atoms with Crippen LogP contribution < -0.4 is 5.56 Å². The predicted molar refractivity (Wildman–Crippen MR) is 90.2 cm³/mol. The van der Waals surface area contributed by atoms with Crippen LogP contribution in [0.3, 0.4) is 0 Å². The lowest BCUT2D eigenvalue weighted by Crippen LogP contribution is -2.35. The second-order valence-electron chi connectivity index (χ2n) is 6.49. The molecule has 0 amide bonds. The first-order valence-corrected chi connectivity index (χ1v) is 8.67. The van der Waals surface area contributed by atoms with Gasteiger partial charge in [-0.05, 0) is 51.5 Å². The number of thiophene rings is 1. The number of rotatable bonds is 3. The molecule has 5 nitrogen and oxygen atoms in total. The van der Waals surface area contributed by atoms with Gasteiger partial charge >= 0.3 is 0 Å². The molecule has 0 fully saturated rings. The van der Waals surface area contributed by atoms with E-state index in [9.17, 15) is 14.4 Å². The van der Waals surface area contributed by atoms with E-state index in [4.69, 9.17) is 0 Å². The van der Waals surface area contributed by atoms with E-state index >= 15 is 0 Å². The van der Waals surface area contributed by atoms with E-state index in [1.54, 1.807) is 18.3 Å². The number of aromatic nitrogens is 2. The van der Waals surface area contributed by atoms with E-state index in [0.29, 0.717) is 17.1 Å². The minimum absolute atomic E-state index is 0.255. The van der Waals surface area contributed by atoms with Gasteiger partial charge in [0.05, 0.1) is 5.39 Å². The van der Waals surface area contributed by atoms with Crippen LogP contribution in [0.15, 0.2) is 4.79 Å². The molecule has 1 aliphatic rings. The molecule has 2 heterocycles. The standard InChI is InChI=1S/C17H20N2O3S/c1-8-5-6-12-13(7-8)23-16-14(12)17(22)19(11(4)18-16)15(9(2)20)10(3)21/h8,15H,5-7H2,1-4H3. The molecule has 0 saturated heterocycles. The van der Waals surface area contributed by atoms with E-state index in [-0.39, 0.29) is 17.1 Å². The Kier molecular flexibility index (Phi) is 3.96. The molecule has 0 aromatic carbocycles. The molecule has 2 aromatic heterocycles. The zero-order valence-electron chi connectivity index (χ0n) is 13.8. The number of carbonyl (C=O) groups is 2. The molecule has 1 unspecified atom stereocenters. The number of carbonyl (C=O) groups excluding carboxylic acids is 2. The number of Topliss-reactive ketones (excluding diaryl/α,β-unsaturated/α-hetero) is 2. The van der Waals surface area contributed by atoms with Crippen molar-refractivity contribution in [1.29, 1.82) is 0 Å². The number of hydrogen-bond donors (Lipinski definition) is 0. The maximum atomic E-state index is 13.0. The minimum Gasteiger partial charge on any atom is -0.297 e. The SMILES string of the molecule is CC(=O)C(C(C)=O)n1c(C)nc2sc3c(c2c1=O)CCC(C)C3. The van der Waals surface area contributed by atoms with E-state index in [0.717, 1.165) is 29.7 Å². The monoisotopic (exact) mass is 332 g/mol. The third-order valence-electron chi connectivity index (χ3n) is 4.57. The first-order valence-electron chi connectivity index (χ1n) is 7.85. The van der Waals surface area contributed by atoms with Gasteiger partial charge < -0.3 is 0 Å². The summed E-state index contributed by atoms with van der Waals surface area (Å²) in [6.45, 7) is 6.58.